The van der Waals surface area contributed by atoms with Crippen LogP contribution in [0.1, 0.15) is 38.9 Å². The lowest BCUT2D eigenvalue weighted by Crippen LogP contribution is -2.43. The van der Waals surface area contributed by atoms with E-state index < -0.39 is 11.7 Å². The molecule has 1 atom stereocenters. The fourth-order valence-electron chi connectivity index (χ4n) is 2.44. The van der Waals surface area contributed by atoms with E-state index in [-0.39, 0.29) is 0 Å². The van der Waals surface area contributed by atoms with Crippen molar-refractivity contribution in [1.29, 1.82) is 0 Å². The van der Waals surface area contributed by atoms with E-state index in [1.165, 1.54) is 0 Å². The van der Waals surface area contributed by atoms with E-state index in [4.69, 9.17) is 0 Å². The van der Waals surface area contributed by atoms with E-state index in [1.807, 2.05) is 51.1 Å². The molecule has 1 aliphatic rings. The van der Waals surface area contributed by atoms with Gasteiger partial charge in [-0.2, -0.15) is 4.74 Å². The van der Waals surface area contributed by atoms with Crippen molar-refractivity contribution in [1.82, 2.24) is 5.06 Å². The van der Waals surface area contributed by atoms with Crippen LogP contribution in [0.15, 0.2) is 30.3 Å². The summed E-state index contributed by atoms with van der Waals surface area (Å²) >= 11 is 0. The average Bonchev–Trinajstić information content (AvgIpc) is 2.47. The zero-order chi connectivity index (χ0) is 12.6. The molecular weight excluding hydrogens is 216 g/mol. The van der Waals surface area contributed by atoms with Crippen molar-refractivity contribution >= 4 is 5.71 Å². The first kappa shape index (κ1) is 12.1. The van der Waals surface area contributed by atoms with Gasteiger partial charge in [-0.05, 0) is 13.8 Å². The lowest BCUT2D eigenvalue weighted by molar-refractivity contribution is -0.545. The van der Waals surface area contributed by atoms with E-state index >= 15 is 0 Å². The molecule has 92 valence electrons. The molecule has 4 nitrogen and oxygen atoms in total. The van der Waals surface area contributed by atoms with Crippen molar-refractivity contribution in [3.05, 3.63) is 41.1 Å². The van der Waals surface area contributed by atoms with Gasteiger partial charge in [0.1, 0.15) is 5.54 Å². The van der Waals surface area contributed by atoms with Crippen molar-refractivity contribution < 1.29 is 9.95 Å². The van der Waals surface area contributed by atoms with Crippen LogP contribution < -0.4 is 0 Å². The molecule has 0 aromatic heterocycles. The van der Waals surface area contributed by atoms with Crippen LogP contribution in [0.5, 0.6) is 0 Å². The molecule has 0 saturated carbocycles. The zero-order valence-corrected chi connectivity index (χ0v) is 10.4. The van der Waals surface area contributed by atoms with Gasteiger partial charge in [-0.3, -0.25) is 0 Å². The standard InChI is InChI=1S/C13H18N2O2/c1-4-11-13(2,3)15(17)12(14(11)16)10-8-6-5-7-9-10/h5-9,12,17H,4H2,1-3H3/t12-/m0/s1. The summed E-state index contributed by atoms with van der Waals surface area (Å²) in [6.07, 6.45) is -0.00202. The first-order valence-electron chi connectivity index (χ1n) is 5.86. The summed E-state index contributed by atoms with van der Waals surface area (Å²) in [4.78, 5) is 0. The molecule has 0 spiro atoms. The second-order valence-corrected chi connectivity index (χ2v) is 4.81. The van der Waals surface area contributed by atoms with Crippen LogP contribution in [0.25, 0.3) is 0 Å². The summed E-state index contributed by atoms with van der Waals surface area (Å²) in [7, 11) is 0. The predicted octanol–water partition coefficient (Wildman–Crippen LogP) is 2.53. The van der Waals surface area contributed by atoms with Crippen molar-refractivity contribution in [3.63, 3.8) is 0 Å². The quantitative estimate of drug-likeness (QED) is 0.632. The molecular formula is C13H18N2O2. The first-order chi connectivity index (χ1) is 8.00. The van der Waals surface area contributed by atoms with Crippen LogP contribution in [0.2, 0.25) is 0 Å². The summed E-state index contributed by atoms with van der Waals surface area (Å²) in [6.45, 7) is 5.66. The third-order valence-corrected chi connectivity index (χ3v) is 3.43. The van der Waals surface area contributed by atoms with Gasteiger partial charge in [0.2, 0.25) is 0 Å². The Morgan fingerprint density at radius 3 is 2.41 bits per heavy atom. The van der Waals surface area contributed by atoms with Crippen molar-refractivity contribution in [2.24, 2.45) is 0 Å². The number of hydroxylamine groups is 3. The minimum absolute atomic E-state index is 0.614. The van der Waals surface area contributed by atoms with Crippen molar-refractivity contribution in [2.75, 3.05) is 0 Å². The maximum absolute atomic E-state index is 12.2. The smallest absolute Gasteiger partial charge is 0.267 e. The summed E-state index contributed by atoms with van der Waals surface area (Å²) in [5, 5.41) is 23.6. The molecule has 2 rings (SSSR count). The Hall–Kier alpha value is -1.39. The Morgan fingerprint density at radius 1 is 1.35 bits per heavy atom. The number of benzene rings is 1. The Bertz CT molecular complexity index is 440. The number of nitrogens with zero attached hydrogens (tertiary/aromatic N) is 2. The van der Waals surface area contributed by atoms with E-state index in [9.17, 15) is 10.4 Å². The Labute approximate surface area is 101 Å². The topological polar surface area (TPSA) is 49.5 Å². The number of rotatable bonds is 2. The van der Waals surface area contributed by atoms with E-state index in [1.54, 1.807) is 0 Å². The largest absolute Gasteiger partial charge is 0.622 e. The summed E-state index contributed by atoms with van der Waals surface area (Å²) < 4.78 is 0.926. The third kappa shape index (κ3) is 1.73. The SMILES string of the molecule is CCC1=[N+]([O-])[C@H](c2ccccc2)N(O)C1(C)C. The summed E-state index contributed by atoms with van der Waals surface area (Å²) in [5.74, 6) is 0. The van der Waals surface area contributed by atoms with Gasteiger partial charge in [0.25, 0.3) is 6.17 Å². The fourth-order valence-corrected chi connectivity index (χ4v) is 2.44. The van der Waals surface area contributed by atoms with Crippen LogP contribution in [0.4, 0.5) is 0 Å². The van der Waals surface area contributed by atoms with Crippen molar-refractivity contribution in [2.45, 2.75) is 38.9 Å². The number of hydrogen-bond acceptors (Lipinski definition) is 3. The normalized spacial score (nSPS) is 24.4. The molecule has 1 N–H and O–H groups in total. The highest BCUT2D eigenvalue weighted by molar-refractivity contribution is 5.89. The Balaban J connectivity index is 2.48. The van der Waals surface area contributed by atoms with Crippen LogP contribution >= 0.6 is 0 Å². The average molecular weight is 234 g/mol. The van der Waals surface area contributed by atoms with Gasteiger partial charge in [-0.15, -0.1) is 5.06 Å². The highest BCUT2D eigenvalue weighted by atomic mass is 16.5. The molecule has 0 amide bonds. The van der Waals surface area contributed by atoms with Crippen LogP contribution in [0.3, 0.4) is 0 Å². The molecule has 0 fully saturated rings. The maximum atomic E-state index is 12.2. The van der Waals surface area contributed by atoms with Gasteiger partial charge in [-0.25, -0.2) is 0 Å². The molecule has 0 bridgehead atoms. The van der Waals surface area contributed by atoms with Gasteiger partial charge in [-0.1, -0.05) is 37.3 Å². The lowest BCUT2D eigenvalue weighted by atomic mass is 9.97. The molecule has 17 heavy (non-hydrogen) atoms. The molecule has 4 heteroatoms. The monoisotopic (exact) mass is 234 g/mol. The highest BCUT2D eigenvalue weighted by Crippen LogP contribution is 2.35. The van der Waals surface area contributed by atoms with Gasteiger partial charge < -0.3 is 10.4 Å². The Kier molecular flexibility index (Phi) is 2.93. The van der Waals surface area contributed by atoms with Crippen LogP contribution in [-0.4, -0.2) is 26.3 Å². The van der Waals surface area contributed by atoms with Crippen LogP contribution in [-0.2, 0) is 0 Å². The zero-order valence-electron chi connectivity index (χ0n) is 10.4. The van der Waals surface area contributed by atoms with Gasteiger partial charge in [0, 0.05) is 12.0 Å². The van der Waals surface area contributed by atoms with Crippen LogP contribution in [0, 0.1) is 5.21 Å². The van der Waals surface area contributed by atoms with E-state index in [2.05, 4.69) is 0 Å². The maximum Gasteiger partial charge on any atom is 0.267 e. The lowest BCUT2D eigenvalue weighted by Gasteiger charge is -2.25. The van der Waals surface area contributed by atoms with Gasteiger partial charge in [0.15, 0.2) is 5.71 Å². The molecule has 0 radical (unpaired) electrons. The second kappa shape index (κ2) is 4.13. The van der Waals surface area contributed by atoms with Gasteiger partial charge >= 0.3 is 0 Å². The highest BCUT2D eigenvalue weighted by Gasteiger charge is 2.50. The minimum atomic E-state index is -0.638. The van der Waals surface area contributed by atoms with E-state index in [0.29, 0.717) is 12.1 Å². The molecule has 1 aromatic rings. The molecule has 0 unspecified atom stereocenters. The van der Waals surface area contributed by atoms with Gasteiger partial charge in [0.05, 0.1) is 0 Å². The van der Waals surface area contributed by atoms with E-state index in [0.717, 1.165) is 15.4 Å². The Morgan fingerprint density at radius 2 is 1.94 bits per heavy atom. The molecule has 0 aliphatic carbocycles. The molecule has 1 aromatic carbocycles. The molecule has 0 saturated heterocycles. The fraction of sp³-hybridized carbons (Fsp3) is 0.462. The summed E-state index contributed by atoms with van der Waals surface area (Å²) in [5.41, 5.74) is 0.896. The molecule has 1 heterocycles. The number of hydrogen-bond donors (Lipinski definition) is 1. The third-order valence-electron chi connectivity index (χ3n) is 3.43. The predicted molar refractivity (Wildman–Crippen MR) is 65.8 cm³/mol. The minimum Gasteiger partial charge on any atom is -0.622 e. The first-order valence-corrected chi connectivity index (χ1v) is 5.86. The van der Waals surface area contributed by atoms with Crippen molar-refractivity contribution in [3.8, 4) is 0 Å². The molecule has 1 aliphatic heterocycles. The summed E-state index contributed by atoms with van der Waals surface area (Å²) in [6, 6.07) is 9.34. The second-order valence-electron chi connectivity index (χ2n) is 4.81.